The summed E-state index contributed by atoms with van der Waals surface area (Å²) in [4.78, 5) is 21.8. The minimum Gasteiger partial charge on any atom is -0.472 e. The number of hydrogen-bond acceptors (Lipinski definition) is 5. The third-order valence-electron chi connectivity index (χ3n) is 6.12. The van der Waals surface area contributed by atoms with Crippen LogP contribution in [-0.2, 0) is 6.54 Å². The molecule has 7 heteroatoms. The van der Waals surface area contributed by atoms with Crippen molar-refractivity contribution in [2.24, 2.45) is 11.8 Å². The van der Waals surface area contributed by atoms with Crippen molar-refractivity contribution in [1.82, 2.24) is 14.8 Å². The summed E-state index contributed by atoms with van der Waals surface area (Å²) in [6.07, 6.45) is 2.16. The topological polar surface area (TPSA) is 65.9 Å². The highest BCUT2D eigenvalue weighted by Crippen LogP contribution is 2.27. The van der Waals surface area contributed by atoms with E-state index in [0.29, 0.717) is 36.7 Å². The van der Waals surface area contributed by atoms with Crippen LogP contribution in [0, 0.1) is 29.5 Å². The van der Waals surface area contributed by atoms with Gasteiger partial charge < -0.3 is 14.7 Å². The summed E-state index contributed by atoms with van der Waals surface area (Å²) in [7, 11) is 1.99. The average molecular weight is 482 g/mol. The lowest BCUT2D eigenvalue weighted by Gasteiger charge is -2.37. The maximum atomic E-state index is 13.5. The van der Waals surface area contributed by atoms with Gasteiger partial charge in [-0.05, 0) is 43.7 Å². The molecule has 35 heavy (non-hydrogen) atoms. The van der Waals surface area contributed by atoms with Gasteiger partial charge in [-0.15, -0.1) is 0 Å². The van der Waals surface area contributed by atoms with Crippen LogP contribution in [0.2, 0.25) is 0 Å². The Morgan fingerprint density at radius 1 is 1.29 bits per heavy atom. The summed E-state index contributed by atoms with van der Waals surface area (Å²) in [5.74, 6) is 6.50. The number of benzene rings is 1. The van der Waals surface area contributed by atoms with E-state index in [0.717, 1.165) is 12.0 Å². The molecular formula is C28H36FN3O3. The Balaban J connectivity index is 1.88. The zero-order chi connectivity index (χ0) is 25.5. The molecule has 0 aliphatic carbocycles. The van der Waals surface area contributed by atoms with Gasteiger partial charge in [0.05, 0.1) is 12.6 Å². The summed E-state index contributed by atoms with van der Waals surface area (Å²) >= 11 is 0. The lowest BCUT2D eigenvalue weighted by molar-refractivity contribution is 0.0325. The van der Waals surface area contributed by atoms with Crippen molar-refractivity contribution in [2.75, 3.05) is 26.7 Å². The number of halogens is 1. The highest BCUT2D eigenvalue weighted by Gasteiger charge is 2.34. The van der Waals surface area contributed by atoms with E-state index in [9.17, 15) is 14.3 Å². The molecule has 1 aromatic heterocycles. The largest absolute Gasteiger partial charge is 0.472 e. The van der Waals surface area contributed by atoms with Crippen LogP contribution >= 0.6 is 0 Å². The van der Waals surface area contributed by atoms with Crippen LogP contribution in [0.25, 0.3) is 0 Å². The molecule has 1 amide bonds. The summed E-state index contributed by atoms with van der Waals surface area (Å²) in [5, 5.41) is 9.82. The first-order valence-corrected chi connectivity index (χ1v) is 12.2. The number of nitrogens with zero attached hydrogens (tertiary/aromatic N) is 3. The third kappa shape index (κ3) is 7.27. The molecule has 1 N–H and O–H groups in total. The molecule has 3 atom stereocenters. The molecule has 0 bridgehead atoms. The van der Waals surface area contributed by atoms with Crippen molar-refractivity contribution in [3.05, 3.63) is 59.0 Å². The molecule has 0 fully saturated rings. The summed E-state index contributed by atoms with van der Waals surface area (Å²) in [6, 6.07) is 7.86. The molecule has 1 aliphatic heterocycles. The lowest BCUT2D eigenvalue weighted by atomic mass is 9.99. The average Bonchev–Trinajstić information content (AvgIpc) is 2.82. The monoisotopic (exact) mass is 481 g/mol. The fourth-order valence-corrected chi connectivity index (χ4v) is 4.02. The number of aliphatic hydroxyl groups is 1. The molecule has 6 nitrogen and oxygen atoms in total. The SMILES string of the molecule is CC(C)CC#Cc1cnc2c(c1)C(=O)N([C@@H](C)CO)C[C@H](C)[C@@H](CN(C)Cc1ccc(F)cc1)O2. The Hall–Kier alpha value is -2.95. The lowest BCUT2D eigenvalue weighted by Crippen LogP contribution is -2.49. The van der Waals surface area contributed by atoms with Gasteiger partial charge in [0.2, 0.25) is 5.88 Å². The Bertz CT molecular complexity index is 1060. The number of aliphatic hydroxyl groups excluding tert-OH is 1. The highest BCUT2D eigenvalue weighted by molar-refractivity contribution is 5.97. The second-order valence-corrected chi connectivity index (χ2v) is 9.92. The number of carbonyl (C=O) groups is 1. The van der Waals surface area contributed by atoms with Crippen LogP contribution in [-0.4, -0.2) is 64.7 Å². The number of amides is 1. The molecule has 1 aliphatic rings. The van der Waals surface area contributed by atoms with Crippen molar-refractivity contribution in [3.8, 4) is 17.7 Å². The summed E-state index contributed by atoms with van der Waals surface area (Å²) < 4.78 is 19.6. The Kier molecular flexibility index (Phi) is 9.25. The van der Waals surface area contributed by atoms with Crippen molar-refractivity contribution in [3.63, 3.8) is 0 Å². The second-order valence-electron chi connectivity index (χ2n) is 9.92. The fourth-order valence-electron chi connectivity index (χ4n) is 4.02. The van der Waals surface area contributed by atoms with E-state index < -0.39 is 0 Å². The summed E-state index contributed by atoms with van der Waals surface area (Å²) in [6.45, 7) is 9.61. The second kappa shape index (κ2) is 12.1. The number of aromatic nitrogens is 1. The Labute approximate surface area is 208 Å². The predicted octanol–water partition coefficient (Wildman–Crippen LogP) is 3.97. The quantitative estimate of drug-likeness (QED) is 0.607. The van der Waals surface area contributed by atoms with Crippen LogP contribution in [0.15, 0.2) is 36.5 Å². The van der Waals surface area contributed by atoms with Gasteiger partial charge >= 0.3 is 0 Å². The number of likely N-dealkylation sites (N-methyl/N-ethyl adjacent to an activating group) is 1. The van der Waals surface area contributed by atoms with E-state index in [1.54, 1.807) is 29.3 Å². The van der Waals surface area contributed by atoms with E-state index in [1.807, 2.05) is 20.9 Å². The van der Waals surface area contributed by atoms with Gasteiger partial charge in [-0.2, -0.15) is 0 Å². The van der Waals surface area contributed by atoms with Gasteiger partial charge in [0, 0.05) is 43.7 Å². The van der Waals surface area contributed by atoms with E-state index >= 15 is 0 Å². The highest BCUT2D eigenvalue weighted by atomic mass is 19.1. The van der Waals surface area contributed by atoms with Crippen LogP contribution in [0.4, 0.5) is 4.39 Å². The first-order valence-electron chi connectivity index (χ1n) is 12.2. The fraction of sp³-hybridized carbons (Fsp3) is 0.500. The molecule has 0 saturated heterocycles. The smallest absolute Gasteiger partial charge is 0.259 e. The van der Waals surface area contributed by atoms with Crippen molar-refractivity contribution >= 4 is 5.91 Å². The van der Waals surface area contributed by atoms with Gasteiger partial charge in [-0.3, -0.25) is 9.69 Å². The van der Waals surface area contributed by atoms with Gasteiger partial charge in [0.15, 0.2) is 0 Å². The minimum atomic E-state index is -0.343. The van der Waals surface area contributed by atoms with Crippen molar-refractivity contribution in [2.45, 2.75) is 52.8 Å². The normalized spacial score (nSPS) is 18.9. The number of pyridine rings is 1. The van der Waals surface area contributed by atoms with Gasteiger partial charge in [0.25, 0.3) is 5.91 Å². The molecule has 2 heterocycles. The number of fused-ring (bicyclic) bond motifs is 1. The number of carbonyl (C=O) groups excluding carboxylic acids is 1. The molecule has 0 spiro atoms. The third-order valence-corrected chi connectivity index (χ3v) is 6.12. The molecular weight excluding hydrogens is 445 g/mol. The maximum Gasteiger partial charge on any atom is 0.259 e. The molecule has 1 aromatic carbocycles. The van der Waals surface area contributed by atoms with Crippen molar-refractivity contribution in [1.29, 1.82) is 0 Å². The van der Waals surface area contributed by atoms with E-state index in [4.69, 9.17) is 4.74 Å². The van der Waals surface area contributed by atoms with E-state index in [-0.39, 0.29) is 42.3 Å². The number of hydrogen-bond donors (Lipinski definition) is 1. The number of ether oxygens (including phenoxy) is 1. The zero-order valence-electron chi connectivity index (χ0n) is 21.3. The minimum absolute atomic E-state index is 0.0101. The number of rotatable bonds is 7. The molecule has 3 rings (SSSR count). The van der Waals surface area contributed by atoms with Crippen LogP contribution < -0.4 is 4.74 Å². The van der Waals surface area contributed by atoms with Gasteiger partial charge in [-0.25, -0.2) is 9.37 Å². The predicted molar refractivity (Wildman–Crippen MR) is 134 cm³/mol. The van der Waals surface area contributed by atoms with Gasteiger partial charge in [-0.1, -0.05) is 44.7 Å². The Morgan fingerprint density at radius 2 is 2.00 bits per heavy atom. The standard InChI is InChI=1S/C28H36FN3O3/c1-19(2)7-6-8-23-13-25-27(30-14-23)35-26(20(3)15-32(28(25)34)21(4)18-33)17-31(5)16-22-9-11-24(29)12-10-22/h9-14,19-21,26,33H,7,15-18H2,1-5H3/t20-,21-,26+/m0/s1. The Morgan fingerprint density at radius 3 is 2.66 bits per heavy atom. The molecule has 0 radical (unpaired) electrons. The zero-order valence-corrected chi connectivity index (χ0v) is 21.3. The first kappa shape index (κ1) is 26.7. The van der Waals surface area contributed by atoms with E-state index in [1.165, 1.54) is 12.1 Å². The van der Waals surface area contributed by atoms with Crippen molar-refractivity contribution < 1.29 is 19.0 Å². The molecule has 0 saturated carbocycles. The van der Waals surface area contributed by atoms with Gasteiger partial charge in [0.1, 0.15) is 17.5 Å². The van der Waals surface area contributed by atoms with Crippen LogP contribution in [0.1, 0.15) is 55.6 Å². The summed E-state index contributed by atoms with van der Waals surface area (Å²) in [5.41, 5.74) is 2.03. The first-order chi connectivity index (χ1) is 16.7. The van der Waals surface area contributed by atoms with Crippen LogP contribution in [0.5, 0.6) is 5.88 Å². The molecule has 0 unspecified atom stereocenters. The van der Waals surface area contributed by atoms with E-state index in [2.05, 4.69) is 35.6 Å². The molecule has 2 aromatic rings. The maximum absolute atomic E-state index is 13.5. The van der Waals surface area contributed by atoms with Crippen LogP contribution in [0.3, 0.4) is 0 Å². The molecule has 188 valence electrons.